The zero-order chi connectivity index (χ0) is 22.7. The Kier molecular flexibility index (Phi) is 8.21. The molecule has 4 atom stereocenters. The molecule has 10 heteroatoms. The maximum absolute atomic E-state index is 14.3. The Balaban J connectivity index is 1.84. The van der Waals surface area contributed by atoms with Crippen molar-refractivity contribution in [2.75, 3.05) is 19.7 Å². The molecule has 0 aromatic heterocycles. The molecule has 0 aromatic rings. The molecule has 2 fully saturated rings. The van der Waals surface area contributed by atoms with E-state index in [4.69, 9.17) is 4.74 Å². The second-order valence-electron chi connectivity index (χ2n) is 8.55. The second kappa shape index (κ2) is 9.71. The summed E-state index contributed by atoms with van der Waals surface area (Å²) in [7, 11) is -5.46. The van der Waals surface area contributed by atoms with Crippen LogP contribution in [0.25, 0.3) is 0 Å². The first-order valence-corrected chi connectivity index (χ1v) is 12.3. The van der Waals surface area contributed by atoms with Crippen LogP contribution in [-0.2, 0) is 19.4 Å². The van der Waals surface area contributed by atoms with Crippen LogP contribution in [0.3, 0.4) is 0 Å². The smallest absolute Gasteiger partial charge is 0.408 e. The van der Waals surface area contributed by atoms with Crippen LogP contribution in [-0.4, -0.2) is 55.5 Å². The van der Waals surface area contributed by atoms with Gasteiger partial charge in [-0.25, -0.2) is 8.42 Å². The maximum atomic E-state index is 14.3. The highest BCUT2D eigenvalue weighted by Gasteiger charge is 2.66. The van der Waals surface area contributed by atoms with Gasteiger partial charge >= 0.3 is 17.1 Å². The molecule has 0 radical (unpaired) electrons. The molecule has 0 saturated heterocycles. The molecule has 2 aliphatic carbocycles. The number of rotatable bonds is 12. The molecule has 30 heavy (non-hydrogen) atoms. The van der Waals surface area contributed by atoms with E-state index in [-0.39, 0.29) is 25.4 Å². The summed E-state index contributed by atoms with van der Waals surface area (Å²) < 4.78 is 86.4. The highest BCUT2D eigenvalue weighted by molar-refractivity contribution is 7.93. The van der Waals surface area contributed by atoms with Crippen molar-refractivity contribution < 1.29 is 35.5 Å². The molecule has 176 valence electrons. The summed E-state index contributed by atoms with van der Waals surface area (Å²) >= 11 is 0. The fourth-order valence-electron chi connectivity index (χ4n) is 4.88. The standard InChI is InChI=1S/C20H33F4NO4S/c1-4-25(5-2)14(3)30(27,28)20(23,24)19(21,22)9-6-10-29-18(26)13-17-12-15-7-8-16(17)11-15/h14-17H,4-13H2,1-3H3. The van der Waals surface area contributed by atoms with E-state index in [1.54, 1.807) is 13.8 Å². The third-order valence-electron chi connectivity index (χ3n) is 6.77. The SMILES string of the molecule is CCN(CC)C(C)S(=O)(=O)C(F)(F)C(F)(F)CCCOC(=O)CC1CC2CCC1C2. The fraction of sp³-hybridized carbons (Fsp3) is 0.950. The van der Waals surface area contributed by atoms with E-state index in [1.165, 1.54) is 11.3 Å². The Morgan fingerprint density at radius 2 is 1.77 bits per heavy atom. The minimum Gasteiger partial charge on any atom is -0.466 e. The van der Waals surface area contributed by atoms with E-state index in [1.807, 2.05) is 0 Å². The number of alkyl halides is 4. The minimum absolute atomic E-state index is 0.136. The van der Waals surface area contributed by atoms with Crippen LogP contribution >= 0.6 is 0 Å². The molecule has 2 saturated carbocycles. The number of halogens is 4. The van der Waals surface area contributed by atoms with Crippen LogP contribution in [0.2, 0.25) is 0 Å². The van der Waals surface area contributed by atoms with Crippen molar-refractivity contribution in [1.29, 1.82) is 0 Å². The summed E-state index contributed by atoms with van der Waals surface area (Å²) in [6.45, 7) is 3.96. The topological polar surface area (TPSA) is 63.7 Å². The van der Waals surface area contributed by atoms with Gasteiger partial charge in [0.25, 0.3) is 0 Å². The normalized spacial score (nSPS) is 25.7. The maximum Gasteiger partial charge on any atom is 0.408 e. The Bertz CT molecular complexity index is 697. The molecule has 2 aliphatic rings. The van der Waals surface area contributed by atoms with Gasteiger partial charge in [-0.3, -0.25) is 9.69 Å². The first-order chi connectivity index (χ1) is 13.9. The summed E-state index contributed by atoms with van der Waals surface area (Å²) in [6, 6.07) is 0. The van der Waals surface area contributed by atoms with Gasteiger partial charge in [-0.05, 0) is 63.5 Å². The molecule has 0 amide bonds. The third-order valence-corrected chi connectivity index (χ3v) is 8.98. The predicted molar refractivity (Wildman–Crippen MR) is 105 cm³/mol. The quantitative estimate of drug-likeness (QED) is 0.245. The van der Waals surface area contributed by atoms with Crippen molar-refractivity contribution in [2.45, 2.75) is 82.3 Å². The molecular weight excluding hydrogens is 426 g/mol. The van der Waals surface area contributed by atoms with E-state index in [0.29, 0.717) is 11.8 Å². The van der Waals surface area contributed by atoms with Gasteiger partial charge < -0.3 is 4.74 Å². The zero-order valence-corrected chi connectivity index (χ0v) is 18.7. The first-order valence-electron chi connectivity index (χ1n) is 10.8. The number of carbonyl (C=O) groups is 1. The minimum atomic E-state index is -5.46. The molecule has 0 N–H and O–H groups in total. The van der Waals surface area contributed by atoms with Gasteiger partial charge in [-0.1, -0.05) is 20.3 Å². The molecule has 0 aromatic carbocycles. The number of carbonyl (C=O) groups excluding carboxylic acids is 1. The molecule has 0 heterocycles. The van der Waals surface area contributed by atoms with Gasteiger partial charge in [0.2, 0.25) is 9.84 Å². The molecule has 2 rings (SSSR count). The average Bonchev–Trinajstić information content (AvgIpc) is 3.29. The average molecular weight is 460 g/mol. The fourth-order valence-corrected chi connectivity index (χ4v) is 6.52. The Labute approximate surface area is 176 Å². The lowest BCUT2D eigenvalue weighted by molar-refractivity contribution is -0.165. The lowest BCUT2D eigenvalue weighted by atomic mass is 9.86. The van der Waals surface area contributed by atoms with Crippen LogP contribution in [0, 0.1) is 17.8 Å². The van der Waals surface area contributed by atoms with Crippen molar-refractivity contribution in [3.8, 4) is 0 Å². The van der Waals surface area contributed by atoms with Crippen molar-refractivity contribution >= 4 is 15.8 Å². The van der Waals surface area contributed by atoms with Crippen LogP contribution < -0.4 is 0 Å². The van der Waals surface area contributed by atoms with Crippen LogP contribution in [0.15, 0.2) is 0 Å². The van der Waals surface area contributed by atoms with Crippen LogP contribution in [0.1, 0.15) is 65.7 Å². The lowest BCUT2D eigenvalue weighted by Crippen LogP contribution is -2.54. The van der Waals surface area contributed by atoms with E-state index in [0.717, 1.165) is 26.2 Å². The molecule has 0 aliphatic heterocycles. The van der Waals surface area contributed by atoms with Gasteiger partial charge in [-0.2, -0.15) is 17.6 Å². The highest BCUT2D eigenvalue weighted by atomic mass is 32.2. The Hall–Kier alpha value is -0.900. The molecular formula is C20H33F4NO4S. The summed E-state index contributed by atoms with van der Waals surface area (Å²) in [5.41, 5.74) is 0. The molecule has 2 bridgehead atoms. The van der Waals surface area contributed by atoms with E-state index < -0.39 is 51.8 Å². The molecule has 5 nitrogen and oxygen atoms in total. The zero-order valence-electron chi connectivity index (χ0n) is 17.9. The number of sulfone groups is 1. The predicted octanol–water partition coefficient (Wildman–Crippen LogP) is 4.47. The number of nitrogens with zero attached hydrogens (tertiary/aromatic N) is 1. The largest absolute Gasteiger partial charge is 0.466 e. The Morgan fingerprint density at radius 1 is 1.13 bits per heavy atom. The van der Waals surface area contributed by atoms with E-state index in [2.05, 4.69) is 0 Å². The molecule has 0 spiro atoms. The second-order valence-corrected chi connectivity index (χ2v) is 10.8. The van der Waals surface area contributed by atoms with E-state index >= 15 is 0 Å². The van der Waals surface area contributed by atoms with Gasteiger partial charge in [0, 0.05) is 12.8 Å². The first kappa shape index (κ1) is 25.4. The van der Waals surface area contributed by atoms with Gasteiger partial charge in [0.05, 0.1) is 6.61 Å². The van der Waals surface area contributed by atoms with Gasteiger partial charge in [-0.15, -0.1) is 0 Å². The molecule has 4 unspecified atom stereocenters. The van der Waals surface area contributed by atoms with Crippen molar-refractivity contribution in [3.05, 3.63) is 0 Å². The number of hydrogen-bond donors (Lipinski definition) is 0. The summed E-state index contributed by atoms with van der Waals surface area (Å²) in [6.07, 6.45) is 2.70. The summed E-state index contributed by atoms with van der Waals surface area (Å²) in [5, 5.41) is -6.96. The number of esters is 1. The van der Waals surface area contributed by atoms with Crippen molar-refractivity contribution in [2.24, 2.45) is 17.8 Å². The number of fused-ring (bicyclic) bond motifs is 2. The summed E-state index contributed by atoms with van der Waals surface area (Å²) in [4.78, 5) is 13.1. The van der Waals surface area contributed by atoms with Gasteiger partial charge in [0.1, 0.15) is 5.37 Å². The monoisotopic (exact) mass is 459 g/mol. The third kappa shape index (κ3) is 5.11. The number of hydrogen-bond acceptors (Lipinski definition) is 5. The Morgan fingerprint density at radius 3 is 2.27 bits per heavy atom. The van der Waals surface area contributed by atoms with E-state index in [9.17, 15) is 30.8 Å². The van der Waals surface area contributed by atoms with Crippen LogP contribution in [0.5, 0.6) is 0 Å². The highest BCUT2D eigenvalue weighted by Crippen LogP contribution is 2.49. The summed E-state index contributed by atoms with van der Waals surface area (Å²) in [5.74, 6) is -3.83. The lowest BCUT2D eigenvalue weighted by Gasteiger charge is -2.33. The van der Waals surface area contributed by atoms with Crippen molar-refractivity contribution in [3.63, 3.8) is 0 Å². The van der Waals surface area contributed by atoms with Crippen LogP contribution in [0.4, 0.5) is 17.6 Å². The van der Waals surface area contributed by atoms with Gasteiger partial charge in [0.15, 0.2) is 0 Å². The number of ether oxygens (including phenoxy) is 1. The van der Waals surface area contributed by atoms with Crippen molar-refractivity contribution in [1.82, 2.24) is 4.90 Å².